The quantitative estimate of drug-likeness (QED) is 0.593. The van der Waals surface area contributed by atoms with E-state index in [0.29, 0.717) is 11.9 Å². The van der Waals surface area contributed by atoms with Gasteiger partial charge in [-0.15, -0.1) is 0 Å². The molecule has 1 aliphatic rings. The third-order valence-electron chi connectivity index (χ3n) is 5.21. The Bertz CT molecular complexity index is 1030. The highest BCUT2D eigenvalue weighted by atomic mass is 16.5. The van der Waals surface area contributed by atoms with E-state index in [-0.39, 0.29) is 0 Å². The molecule has 4 rings (SSSR count). The Balaban J connectivity index is 1.48. The third kappa shape index (κ3) is 4.24. The van der Waals surface area contributed by atoms with Crippen LogP contribution in [0.1, 0.15) is 18.4 Å². The summed E-state index contributed by atoms with van der Waals surface area (Å²) < 4.78 is 11.2. The number of aryl methyl sites for hydroxylation is 1. The van der Waals surface area contributed by atoms with Crippen LogP contribution in [0.2, 0.25) is 0 Å². The van der Waals surface area contributed by atoms with Gasteiger partial charge in [0.25, 0.3) is 0 Å². The highest BCUT2D eigenvalue weighted by Crippen LogP contribution is 2.27. The van der Waals surface area contributed by atoms with Crippen LogP contribution in [0, 0.1) is 6.92 Å². The van der Waals surface area contributed by atoms with E-state index in [4.69, 9.17) is 14.1 Å². The maximum absolute atomic E-state index is 5.96. The zero-order valence-electron chi connectivity index (χ0n) is 17.0. The van der Waals surface area contributed by atoms with E-state index < -0.39 is 0 Å². The van der Waals surface area contributed by atoms with Crippen molar-refractivity contribution < 1.29 is 9.15 Å². The van der Waals surface area contributed by atoms with Crippen molar-refractivity contribution in [3.05, 3.63) is 78.6 Å². The molecule has 0 saturated heterocycles. The van der Waals surface area contributed by atoms with Gasteiger partial charge in [-0.2, -0.15) is 0 Å². The molecule has 1 aromatic carbocycles. The average Bonchev–Trinajstić information content (AvgIpc) is 3.14. The number of hydrogen-bond donors (Lipinski definition) is 0. The lowest BCUT2D eigenvalue weighted by atomic mass is 10.1. The minimum Gasteiger partial charge on any atom is -0.495 e. The number of hydrogen-bond acceptors (Lipinski definition) is 5. The monoisotopic (exact) mass is 387 g/mol. The van der Waals surface area contributed by atoms with Gasteiger partial charge in [0.1, 0.15) is 11.5 Å². The van der Waals surface area contributed by atoms with E-state index in [1.165, 1.54) is 0 Å². The molecule has 3 heterocycles. The van der Waals surface area contributed by atoms with E-state index >= 15 is 0 Å². The van der Waals surface area contributed by atoms with Crippen molar-refractivity contribution in [2.24, 2.45) is 0 Å². The summed E-state index contributed by atoms with van der Waals surface area (Å²) in [6, 6.07) is 10.6. The van der Waals surface area contributed by atoms with Crippen LogP contribution in [-0.2, 0) is 6.42 Å². The normalized spacial score (nSPS) is 15.7. The van der Waals surface area contributed by atoms with Gasteiger partial charge in [-0.05, 0) is 49.9 Å². The van der Waals surface area contributed by atoms with Crippen LogP contribution >= 0.6 is 0 Å². The predicted molar refractivity (Wildman–Crippen MR) is 115 cm³/mol. The van der Waals surface area contributed by atoms with E-state index in [0.717, 1.165) is 46.9 Å². The number of methoxy groups -OCH3 is 1. The molecule has 148 valence electrons. The second-order valence-electron chi connectivity index (χ2n) is 7.17. The number of benzene rings is 1. The summed E-state index contributed by atoms with van der Waals surface area (Å²) in [5, 5.41) is 0. The fourth-order valence-electron chi connectivity index (χ4n) is 3.42. The number of ether oxygens (including phenoxy) is 1. The van der Waals surface area contributed by atoms with Crippen molar-refractivity contribution in [3.8, 4) is 28.3 Å². The first kappa shape index (κ1) is 19.0. The topological polar surface area (TPSA) is 51.4 Å². The zero-order chi connectivity index (χ0) is 20.2. The van der Waals surface area contributed by atoms with Gasteiger partial charge in [0.2, 0.25) is 5.89 Å². The molecule has 0 radical (unpaired) electrons. The van der Waals surface area contributed by atoms with Gasteiger partial charge < -0.3 is 14.1 Å². The van der Waals surface area contributed by atoms with Gasteiger partial charge in [0.15, 0.2) is 0 Å². The molecule has 3 aromatic rings. The molecule has 0 N–H and O–H groups in total. The minimum atomic E-state index is 0.408. The molecule has 0 spiro atoms. The van der Waals surface area contributed by atoms with Gasteiger partial charge in [-0.1, -0.05) is 24.3 Å². The summed E-state index contributed by atoms with van der Waals surface area (Å²) in [5.74, 6) is 2.29. The fraction of sp³-hybridized carbons (Fsp3) is 0.250. The number of aromatic nitrogens is 2. The summed E-state index contributed by atoms with van der Waals surface area (Å²) >= 11 is 0. The Hall–Kier alpha value is -3.34. The van der Waals surface area contributed by atoms with Gasteiger partial charge in [0.05, 0.1) is 19.0 Å². The third-order valence-corrected chi connectivity index (χ3v) is 5.21. The molecule has 2 aromatic heterocycles. The highest BCUT2D eigenvalue weighted by molar-refractivity contribution is 5.67. The Morgan fingerprint density at radius 3 is 2.62 bits per heavy atom. The lowest BCUT2D eigenvalue weighted by Gasteiger charge is -2.27. The van der Waals surface area contributed by atoms with Crippen LogP contribution in [0.4, 0.5) is 0 Å². The minimum absolute atomic E-state index is 0.408. The molecule has 0 unspecified atom stereocenters. The van der Waals surface area contributed by atoms with Crippen molar-refractivity contribution in [2.45, 2.75) is 26.3 Å². The van der Waals surface area contributed by atoms with Gasteiger partial charge in [0, 0.05) is 36.3 Å². The molecule has 0 amide bonds. The van der Waals surface area contributed by atoms with Crippen molar-refractivity contribution >= 4 is 0 Å². The van der Waals surface area contributed by atoms with Gasteiger partial charge in [-0.25, -0.2) is 4.98 Å². The number of nitrogens with zero attached hydrogens (tertiary/aromatic N) is 3. The molecular formula is C24H25N3O2. The number of oxazole rings is 1. The van der Waals surface area contributed by atoms with Crippen LogP contribution in [-0.4, -0.2) is 34.6 Å². The zero-order valence-corrected chi connectivity index (χ0v) is 17.0. The van der Waals surface area contributed by atoms with Gasteiger partial charge in [-0.3, -0.25) is 4.98 Å². The first-order valence-electron chi connectivity index (χ1n) is 9.81. The van der Waals surface area contributed by atoms with Crippen molar-refractivity contribution in [3.63, 3.8) is 0 Å². The van der Waals surface area contributed by atoms with Crippen LogP contribution in [0.25, 0.3) is 22.6 Å². The number of allylic oxidation sites excluding steroid dienone is 2. The molecule has 0 aliphatic carbocycles. The molecule has 0 bridgehead atoms. The van der Waals surface area contributed by atoms with Crippen molar-refractivity contribution in [1.29, 1.82) is 0 Å². The van der Waals surface area contributed by atoms with E-state index in [1.807, 2.05) is 31.3 Å². The molecule has 1 atom stereocenters. The molecule has 5 nitrogen and oxygen atoms in total. The fourth-order valence-corrected chi connectivity index (χ4v) is 3.42. The molecule has 29 heavy (non-hydrogen) atoms. The predicted octanol–water partition coefficient (Wildman–Crippen LogP) is 5.04. The summed E-state index contributed by atoms with van der Waals surface area (Å²) in [6.07, 6.45) is 12.9. The second-order valence-corrected chi connectivity index (χ2v) is 7.17. The maximum atomic E-state index is 5.96. The summed E-state index contributed by atoms with van der Waals surface area (Å²) in [4.78, 5) is 11.3. The summed E-state index contributed by atoms with van der Waals surface area (Å²) in [7, 11) is 1.64. The first-order valence-corrected chi connectivity index (χ1v) is 9.81. The molecule has 0 saturated carbocycles. The van der Waals surface area contributed by atoms with E-state index in [1.54, 1.807) is 13.3 Å². The first-order chi connectivity index (χ1) is 14.1. The Labute approximate surface area is 171 Å². The Kier molecular flexibility index (Phi) is 5.47. The standard InChI is InChI=1S/C24H25N3O2/c1-17-6-4-5-12-27(17)13-11-23-18(2)29-24(26-23)20-9-7-19(8-10-20)21-14-22(28-3)16-25-15-21/h4-10,12,14-17H,11,13H2,1-3H3/t17-/m1/s1. The van der Waals surface area contributed by atoms with E-state index in [9.17, 15) is 0 Å². The number of rotatable bonds is 6. The SMILES string of the molecule is COc1cncc(-c2ccc(-c3nc(CCN4C=CC=C[C@H]4C)c(C)o3)cc2)c1. The summed E-state index contributed by atoms with van der Waals surface area (Å²) in [6.45, 7) is 5.09. The Morgan fingerprint density at radius 1 is 1.07 bits per heavy atom. The number of pyridine rings is 1. The average molecular weight is 387 g/mol. The summed E-state index contributed by atoms with van der Waals surface area (Å²) in [5.41, 5.74) is 4.06. The molecule has 5 heteroatoms. The second kappa shape index (κ2) is 8.35. The molecule has 1 aliphatic heterocycles. The van der Waals surface area contributed by atoms with Gasteiger partial charge >= 0.3 is 0 Å². The Morgan fingerprint density at radius 2 is 1.86 bits per heavy atom. The van der Waals surface area contributed by atoms with Crippen molar-refractivity contribution in [1.82, 2.24) is 14.9 Å². The smallest absolute Gasteiger partial charge is 0.226 e. The van der Waals surface area contributed by atoms with Crippen molar-refractivity contribution in [2.75, 3.05) is 13.7 Å². The molecular weight excluding hydrogens is 362 g/mol. The largest absolute Gasteiger partial charge is 0.495 e. The highest BCUT2D eigenvalue weighted by Gasteiger charge is 2.15. The lowest BCUT2D eigenvalue weighted by molar-refractivity contribution is 0.335. The van der Waals surface area contributed by atoms with Crippen LogP contribution in [0.15, 0.2) is 71.6 Å². The van der Waals surface area contributed by atoms with Crippen LogP contribution in [0.3, 0.4) is 0 Å². The molecule has 0 fully saturated rings. The lowest BCUT2D eigenvalue weighted by Crippen LogP contribution is -2.29. The van der Waals surface area contributed by atoms with Crippen LogP contribution in [0.5, 0.6) is 5.75 Å². The van der Waals surface area contributed by atoms with Crippen LogP contribution < -0.4 is 4.74 Å². The maximum Gasteiger partial charge on any atom is 0.226 e. The van der Waals surface area contributed by atoms with E-state index in [2.05, 4.69) is 53.4 Å².